The average Bonchev–Trinajstić information content (AvgIpc) is 2.63. The van der Waals surface area contributed by atoms with E-state index >= 15 is 0 Å². The van der Waals surface area contributed by atoms with Gasteiger partial charge in [0, 0.05) is 12.7 Å². The molecule has 2 rings (SSSR count). The monoisotopic (exact) mass is 250 g/mol. The second-order valence-electron chi connectivity index (χ2n) is 3.86. The Morgan fingerprint density at radius 3 is 2.94 bits per heavy atom. The summed E-state index contributed by atoms with van der Waals surface area (Å²) in [6.45, 7) is 0.600. The Hall–Kier alpha value is -1.69. The maximum atomic E-state index is 11.9. The van der Waals surface area contributed by atoms with Crippen molar-refractivity contribution in [1.82, 2.24) is 14.2 Å². The van der Waals surface area contributed by atoms with Crippen LogP contribution in [-0.2, 0) is 6.54 Å². The Morgan fingerprint density at radius 1 is 1.41 bits per heavy atom. The van der Waals surface area contributed by atoms with Crippen molar-refractivity contribution in [2.24, 2.45) is 5.73 Å². The number of pyridine rings is 1. The van der Waals surface area contributed by atoms with E-state index in [0.29, 0.717) is 17.2 Å². The largest absolute Gasteiger partial charge is 0.393 e. The number of unbranched alkanes of at least 4 members (excludes halogenated alkanes) is 1. The Kier molecular flexibility index (Phi) is 3.53. The van der Waals surface area contributed by atoms with E-state index in [1.807, 2.05) is 18.2 Å². The maximum absolute atomic E-state index is 11.9. The highest BCUT2D eigenvalue weighted by Crippen LogP contribution is 1.99. The standard InChI is InChI=1S/C11H14N4OS/c12-9(17)5-1-4-8-15-11(16)14-7-3-2-6-10(14)13-15/h2-3,6-7H,1,4-5,8H2,(H2,12,17). The number of thiocarbonyl (C=S) groups is 1. The first-order valence-corrected chi connectivity index (χ1v) is 5.92. The van der Waals surface area contributed by atoms with Crippen molar-refractivity contribution in [1.29, 1.82) is 0 Å². The number of aryl methyl sites for hydroxylation is 1. The normalized spacial score (nSPS) is 10.8. The van der Waals surface area contributed by atoms with Gasteiger partial charge < -0.3 is 5.73 Å². The molecule has 2 aromatic rings. The Labute approximate surface area is 104 Å². The summed E-state index contributed by atoms with van der Waals surface area (Å²) in [5.74, 6) is 0. The number of nitrogens with two attached hydrogens (primary N) is 1. The van der Waals surface area contributed by atoms with E-state index in [0.717, 1.165) is 19.3 Å². The molecule has 0 spiro atoms. The molecule has 2 N–H and O–H groups in total. The fourth-order valence-corrected chi connectivity index (χ4v) is 1.82. The minimum Gasteiger partial charge on any atom is -0.393 e. The number of nitrogens with zero attached hydrogens (tertiary/aromatic N) is 3. The molecule has 0 saturated carbocycles. The summed E-state index contributed by atoms with van der Waals surface area (Å²) in [6, 6.07) is 5.49. The van der Waals surface area contributed by atoms with Crippen molar-refractivity contribution in [3.63, 3.8) is 0 Å². The number of hydrogen-bond acceptors (Lipinski definition) is 3. The lowest BCUT2D eigenvalue weighted by Gasteiger charge is -1.98. The second-order valence-corrected chi connectivity index (χ2v) is 4.38. The fraction of sp³-hybridized carbons (Fsp3) is 0.364. The molecule has 0 fully saturated rings. The third kappa shape index (κ3) is 2.71. The van der Waals surface area contributed by atoms with E-state index in [1.165, 1.54) is 9.08 Å². The smallest absolute Gasteiger partial charge is 0.350 e. The molecule has 0 aromatic carbocycles. The SMILES string of the molecule is NC(=S)CCCCn1nc2ccccn2c1=O. The van der Waals surface area contributed by atoms with Crippen LogP contribution in [0.3, 0.4) is 0 Å². The molecular weight excluding hydrogens is 236 g/mol. The highest BCUT2D eigenvalue weighted by atomic mass is 32.1. The van der Waals surface area contributed by atoms with Crippen LogP contribution < -0.4 is 11.4 Å². The zero-order valence-electron chi connectivity index (χ0n) is 9.37. The van der Waals surface area contributed by atoms with E-state index < -0.39 is 0 Å². The molecule has 0 aliphatic heterocycles. The van der Waals surface area contributed by atoms with E-state index in [1.54, 1.807) is 6.20 Å². The summed E-state index contributed by atoms with van der Waals surface area (Å²) in [7, 11) is 0. The zero-order chi connectivity index (χ0) is 12.3. The van der Waals surface area contributed by atoms with Gasteiger partial charge in [0.15, 0.2) is 5.65 Å². The van der Waals surface area contributed by atoms with Crippen molar-refractivity contribution in [3.05, 3.63) is 34.9 Å². The summed E-state index contributed by atoms with van der Waals surface area (Å²) < 4.78 is 3.02. The van der Waals surface area contributed by atoms with Gasteiger partial charge in [0.1, 0.15) is 0 Å². The molecule has 2 heterocycles. The molecule has 17 heavy (non-hydrogen) atoms. The van der Waals surface area contributed by atoms with Gasteiger partial charge in [0.05, 0.1) is 4.99 Å². The van der Waals surface area contributed by atoms with Crippen LogP contribution in [0, 0.1) is 0 Å². The molecule has 90 valence electrons. The molecule has 6 heteroatoms. The molecule has 0 bridgehead atoms. The number of fused-ring (bicyclic) bond motifs is 1. The highest BCUT2D eigenvalue weighted by molar-refractivity contribution is 7.80. The van der Waals surface area contributed by atoms with Crippen LogP contribution in [0.15, 0.2) is 29.2 Å². The Bertz CT molecular complexity index is 586. The van der Waals surface area contributed by atoms with E-state index in [2.05, 4.69) is 5.10 Å². The van der Waals surface area contributed by atoms with Gasteiger partial charge in [0.25, 0.3) is 0 Å². The van der Waals surface area contributed by atoms with Gasteiger partial charge in [-0.05, 0) is 31.4 Å². The van der Waals surface area contributed by atoms with Gasteiger partial charge in [-0.2, -0.15) is 0 Å². The van der Waals surface area contributed by atoms with Crippen LogP contribution in [0.4, 0.5) is 0 Å². The highest BCUT2D eigenvalue weighted by Gasteiger charge is 2.04. The van der Waals surface area contributed by atoms with Gasteiger partial charge in [-0.25, -0.2) is 9.48 Å². The summed E-state index contributed by atoms with van der Waals surface area (Å²) in [5.41, 5.74) is 5.98. The molecule has 0 atom stereocenters. The minimum atomic E-state index is -0.101. The van der Waals surface area contributed by atoms with Crippen LogP contribution in [0.5, 0.6) is 0 Å². The van der Waals surface area contributed by atoms with E-state index in [9.17, 15) is 4.79 Å². The van der Waals surface area contributed by atoms with Crippen LogP contribution in [0.25, 0.3) is 5.65 Å². The van der Waals surface area contributed by atoms with Crippen molar-refractivity contribution in [2.75, 3.05) is 0 Å². The quantitative estimate of drug-likeness (QED) is 0.634. The van der Waals surface area contributed by atoms with Gasteiger partial charge in [-0.3, -0.25) is 4.40 Å². The Balaban J connectivity index is 2.06. The minimum absolute atomic E-state index is 0.101. The molecular formula is C11H14N4OS. The summed E-state index contributed by atoms with van der Waals surface area (Å²) >= 11 is 4.79. The van der Waals surface area contributed by atoms with Gasteiger partial charge >= 0.3 is 5.69 Å². The third-order valence-corrected chi connectivity index (χ3v) is 2.74. The van der Waals surface area contributed by atoms with Crippen molar-refractivity contribution >= 4 is 22.9 Å². The third-order valence-electron chi connectivity index (χ3n) is 2.53. The van der Waals surface area contributed by atoms with Crippen molar-refractivity contribution in [2.45, 2.75) is 25.8 Å². The van der Waals surface area contributed by atoms with Crippen molar-refractivity contribution < 1.29 is 0 Å². The average molecular weight is 250 g/mol. The first kappa shape index (κ1) is 11.8. The summed E-state index contributed by atoms with van der Waals surface area (Å²) in [6.07, 6.45) is 4.17. The second kappa shape index (κ2) is 5.09. The lowest BCUT2D eigenvalue weighted by atomic mass is 10.2. The molecule has 2 aromatic heterocycles. The zero-order valence-corrected chi connectivity index (χ0v) is 10.2. The molecule has 0 saturated heterocycles. The van der Waals surface area contributed by atoms with Crippen LogP contribution in [0.1, 0.15) is 19.3 Å². The van der Waals surface area contributed by atoms with Gasteiger partial charge in [-0.15, -0.1) is 5.10 Å². The maximum Gasteiger partial charge on any atom is 0.350 e. The van der Waals surface area contributed by atoms with Gasteiger partial charge in [0.2, 0.25) is 0 Å². The van der Waals surface area contributed by atoms with Crippen molar-refractivity contribution in [3.8, 4) is 0 Å². The number of rotatable bonds is 5. The predicted molar refractivity (Wildman–Crippen MR) is 70.1 cm³/mol. The van der Waals surface area contributed by atoms with Crippen LogP contribution >= 0.6 is 12.2 Å². The topological polar surface area (TPSA) is 65.3 Å². The molecule has 0 aliphatic rings. The fourth-order valence-electron chi connectivity index (χ4n) is 1.67. The van der Waals surface area contributed by atoms with E-state index in [-0.39, 0.29) is 5.69 Å². The lowest BCUT2D eigenvalue weighted by molar-refractivity contribution is 0.548. The van der Waals surface area contributed by atoms with Gasteiger partial charge in [-0.1, -0.05) is 18.3 Å². The lowest BCUT2D eigenvalue weighted by Crippen LogP contribution is -2.21. The molecule has 0 radical (unpaired) electrons. The van der Waals surface area contributed by atoms with E-state index in [4.69, 9.17) is 18.0 Å². The van der Waals surface area contributed by atoms with Crippen LogP contribution in [0.2, 0.25) is 0 Å². The molecule has 0 amide bonds. The number of hydrogen-bond donors (Lipinski definition) is 1. The Morgan fingerprint density at radius 2 is 2.24 bits per heavy atom. The summed E-state index contributed by atoms with van der Waals surface area (Å²) in [5, 5.41) is 4.23. The molecule has 5 nitrogen and oxygen atoms in total. The first-order chi connectivity index (χ1) is 8.18. The van der Waals surface area contributed by atoms with Crippen LogP contribution in [-0.4, -0.2) is 19.2 Å². The first-order valence-electron chi connectivity index (χ1n) is 5.51. The predicted octanol–water partition coefficient (Wildman–Crippen LogP) is 0.952. The summed E-state index contributed by atoms with van der Waals surface area (Å²) in [4.78, 5) is 12.4. The number of aromatic nitrogens is 3. The molecule has 0 unspecified atom stereocenters. The molecule has 0 aliphatic carbocycles.